The number of alkyl halides is 3. The average Bonchev–Trinajstić information content (AvgIpc) is 2.83. The van der Waals surface area contributed by atoms with Gasteiger partial charge in [0.05, 0.1) is 29.7 Å². The van der Waals surface area contributed by atoms with E-state index in [9.17, 15) is 21.6 Å². The van der Waals surface area contributed by atoms with E-state index in [1.807, 2.05) is 4.90 Å². The smallest absolute Gasteiger partial charge is 0.365 e. The minimum Gasteiger partial charge on any atom is -0.365 e. The Labute approximate surface area is 121 Å². The molecule has 0 radical (unpaired) electrons. The van der Waals surface area contributed by atoms with Gasteiger partial charge >= 0.3 is 6.18 Å². The summed E-state index contributed by atoms with van der Waals surface area (Å²) in [5.41, 5.74) is -0.125. The molecule has 0 spiro atoms. The van der Waals surface area contributed by atoms with Crippen LogP contribution in [-0.2, 0) is 16.2 Å². The summed E-state index contributed by atoms with van der Waals surface area (Å²) < 4.78 is 63.6. The third kappa shape index (κ3) is 2.45. The molecule has 0 aliphatic carbocycles. The summed E-state index contributed by atoms with van der Waals surface area (Å²) in [7, 11) is -3.60. The fraction of sp³-hybridized carbons (Fsp3) is 0.538. The highest BCUT2D eigenvalue weighted by molar-refractivity contribution is 7.92. The van der Waals surface area contributed by atoms with Crippen molar-refractivity contribution in [3.8, 4) is 0 Å². The highest BCUT2D eigenvalue weighted by Gasteiger charge is 2.39. The normalized spacial score (nSPS) is 22.2. The number of benzene rings is 1. The standard InChI is InChI=1S/C13H15F3N2O2S/c1-21(19,20)18-8-10-3-2-6-17(10)11-5-4-9(7-12(11)18)13(14,15)16/h4-5,7,10H,2-3,6,8H2,1H3/t10-/m1/s1. The summed E-state index contributed by atoms with van der Waals surface area (Å²) in [5.74, 6) is 0. The van der Waals surface area contributed by atoms with Crippen LogP contribution in [0.5, 0.6) is 0 Å². The van der Waals surface area contributed by atoms with Crippen molar-refractivity contribution >= 4 is 21.4 Å². The van der Waals surface area contributed by atoms with E-state index in [1.165, 1.54) is 6.07 Å². The molecule has 116 valence electrons. The van der Waals surface area contributed by atoms with Crippen molar-refractivity contribution in [2.75, 3.05) is 28.6 Å². The van der Waals surface area contributed by atoms with E-state index in [4.69, 9.17) is 0 Å². The molecule has 1 aromatic carbocycles. The fourth-order valence-electron chi connectivity index (χ4n) is 3.09. The van der Waals surface area contributed by atoms with Gasteiger partial charge in [0.1, 0.15) is 0 Å². The third-order valence-electron chi connectivity index (χ3n) is 4.03. The Balaban J connectivity index is 2.16. The van der Waals surface area contributed by atoms with Crippen LogP contribution in [-0.4, -0.2) is 33.8 Å². The van der Waals surface area contributed by atoms with Gasteiger partial charge in [0.15, 0.2) is 0 Å². The van der Waals surface area contributed by atoms with Crippen LogP contribution in [0.1, 0.15) is 18.4 Å². The zero-order valence-corrected chi connectivity index (χ0v) is 12.2. The molecular weight excluding hydrogens is 305 g/mol. The number of hydrogen-bond acceptors (Lipinski definition) is 3. The predicted octanol–water partition coefficient (Wildman–Crippen LogP) is 2.45. The van der Waals surface area contributed by atoms with Crippen LogP contribution in [0.2, 0.25) is 0 Å². The molecule has 4 nitrogen and oxygen atoms in total. The summed E-state index contributed by atoms with van der Waals surface area (Å²) in [6.45, 7) is 0.966. The van der Waals surface area contributed by atoms with Gasteiger partial charge in [0, 0.05) is 12.6 Å². The Bertz CT molecular complexity index is 672. The second-order valence-electron chi connectivity index (χ2n) is 5.48. The van der Waals surface area contributed by atoms with Crippen molar-refractivity contribution in [1.29, 1.82) is 0 Å². The molecule has 0 unspecified atom stereocenters. The van der Waals surface area contributed by atoms with Gasteiger partial charge < -0.3 is 4.90 Å². The maximum absolute atomic E-state index is 12.9. The molecule has 2 aliphatic rings. The van der Waals surface area contributed by atoms with Crippen LogP contribution < -0.4 is 9.21 Å². The van der Waals surface area contributed by atoms with Gasteiger partial charge in [-0.05, 0) is 31.0 Å². The number of anilines is 2. The number of fused-ring (bicyclic) bond motifs is 3. The van der Waals surface area contributed by atoms with Crippen LogP contribution in [0.4, 0.5) is 24.5 Å². The molecule has 0 aromatic heterocycles. The van der Waals surface area contributed by atoms with E-state index >= 15 is 0 Å². The first kappa shape index (κ1) is 14.5. The minimum atomic E-state index is -4.49. The maximum Gasteiger partial charge on any atom is 0.416 e. The quantitative estimate of drug-likeness (QED) is 0.798. The third-order valence-corrected chi connectivity index (χ3v) is 5.18. The van der Waals surface area contributed by atoms with Gasteiger partial charge in [-0.1, -0.05) is 0 Å². The van der Waals surface area contributed by atoms with Crippen LogP contribution in [0.25, 0.3) is 0 Å². The highest BCUT2D eigenvalue weighted by atomic mass is 32.2. The van der Waals surface area contributed by atoms with Gasteiger partial charge in [-0.2, -0.15) is 13.2 Å². The molecule has 2 heterocycles. The molecule has 1 fully saturated rings. The van der Waals surface area contributed by atoms with Gasteiger partial charge in [-0.15, -0.1) is 0 Å². The molecule has 0 bridgehead atoms. The molecule has 0 saturated carbocycles. The zero-order chi connectivity index (χ0) is 15.4. The number of halogens is 3. The van der Waals surface area contributed by atoms with E-state index in [2.05, 4.69) is 0 Å². The van der Waals surface area contributed by atoms with E-state index in [0.29, 0.717) is 5.69 Å². The SMILES string of the molecule is CS(=O)(=O)N1C[C@H]2CCCN2c2ccc(C(F)(F)F)cc21. The Kier molecular flexibility index (Phi) is 3.12. The predicted molar refractivity (Wildman–Crippen MR) is 74.0 cm³/mol. The monoisotopic (exact) mass is 320 g/mol. The molecule has 1 atom stereocenters. The van der Waals surface area contributed by atoms with Gasteiger partial charge in [-0.25, -0.2) is 8.42 Å². The van der Waals surface area contributed by atoms with Crippen LogP contribution in [0, 0.1) is 0 Å². The van der Waals surface area contributed by atoms with Crippen molar-refractivity contribution in [3.63, 3.8) is 0 Å². The number of sulfonamides is 1. The maximum atomic E-state index is 12.9. The van der Waals surface area contributed by atoms with E-state index in [1.54, 1.807) is 0 Å². The molecule has 8 heteroatoms. The summed E-state index contributed by atoms with van der Waals surface area (Å²) in [6, 6.07) is 3.38. The van der Waals surface area contributed by atoms with E-state index in [-0.39, 0.29) is 18.3 Å². The molecule has 1 aromatic rings. The molecule has 0 amide bonds. The van der Waals surface area contributed by atoms with Crippen LogP contribution in [0.3, 0.4) is 0 Å². The highest BCUT2D eigenvalue weighted by Crippen LogP contribution is 2.43. The second-order valence-corrected chi connectivity index (χ2v) is 7.39. The number of rotatable bonds is 1. The Morgan fingerprint density at radius 2 is 1.95 bits per heavy atom. The van der Waals surface area contributed by atoms with Crippen molar-refractivity contribution in [1.82, 2.24) is 0 Å². The first-order valence-corrected chi connectivity index (χ1v) is 8.48. The van der Waals surface area contributed by atoms with Crippen LogP contribution >= 0.6 is 0 Å². The molecule has 0 N–H and O–H groups in total. The van der Waals surface area contributed by atoms with E-state index in [0.717, 1.165) is 42.1 Å². The molecular formula is C13H15F3N2O2S. The molecule has 21 heavy (non-hydrogen) atoms. The summed E-state index contributed by atoms with van der Waals surface area (Å²) in [4.78, 5) is 2.01. The first-order chi connectivity index (χ1) is 9.68. The lowest BCUT2D eigenvalue weighted by atomic mass is 10.1. The second kappa shape index (κ2) is 4.53. The van der Waals surface area contributed by atoms with Gasteiger partial charge in [0.25, 0.3) is 0 Å². The average molecular weight is 320 g/mol. The Hall–Kier alpha value is -1.44. The zero-order valence-electron chi connectivity index (χ0n) is 11.4. The van der Waals surface area contributed by atoms with Crippen molar-refractivity contribution in [2.45, 2.75) is 25.1 Å². The number of nitrogens with zero attached hydrogens (tertiary/aromatic N) is 2. The van der Waals surface area contributed by atoms with Crippen molar-refractivity contribution in [2.24, 2.45) is 0 Å². The summed E-state index contributed by atoms with van der Waals surface area (Å²) in [6.07, 6.45) is -1.68. The van der Waals surface area contributed by atoms with Gasteiger partial charge in [0.2, 0.25) is 10.0 Å². The van der Waals surface area contributed by atoms with E-state index < -0.39 is 21.8 Å². The lowest BCUT2D eigenvalue weighted by Gasteiger charge is -2.40. The lowest BCUT2D eigenvalue weighted by Crippen LogP contribution is -2.47. The summed E-state index contributed by atoms with van der Waals surface area (Å²) in [5, 5.41) is 0. The Morgan fingerprint density at radius 1 is 1.24 bits per heavy atom. The van der Waals surface area contributed by atoms with Crippen molar-refractivity contribution < 1.29 is 21.6 Å². The molecule has 1 saturated heterocycles. The Morgan fingerprint density at radius 3 is 2.57 bits per heavy atom. The van der Waals surface area contributed by atoms with Crippen LogP contribution in [0.15, 0.2) is 18.2 Å². The van der Waals surface area contributed by atoms with Crippen molar-refractivity contribution in [3.05, 3.63) is 23.8 Å². The first-order valence-electron chi connectivity index (χ1n) is 6.63. The summed E-state index contributed by atoms with van der Waals surface area (Å²) >= 11 is 0. The largest absolute Gasteiger partial charge is 0.416 e. The van der Waals surface area contributed by atoms with Gasteiger partial charge in [-0.3, -0.25) is 4.31 Å². The minimum absolute atomic E-state index is 0.0453. The fourth-order valence-corrected chi connectivity index (χ4v) is 4.04. The molecule has 3 rings (SSSR count). The lowest BCUT2D eigenvalue weighted by molar-refractivity contribution is -0.137. The topological polar surface area (TPSA) is 40.6 Å². The number of hydrogen-bond donors (Lipinski definition) is 0. The molecule has 2 aliphatic heterocycles.